The first-order valence-electron chi connectivity index (χ1n) is 6.49. The van der Waals surface area contributed by atoms with Crippen molar-refractivity contribution < 1.29 is 4.79 Å². The van der Waals surface area contributed by atoms with Crippen molar-refractivity contribution in [2.45, 2.75) is 45.6 Å². The summed E-state index contributed by atoms with van der Waals surface area (Å²) in [5.74, 6) is 0.585. The lowest BCUT2D eigenvalue weighted by Crippen LogP contribution is -2.38. The van der Waals surface area contributed by atoms with Gasteiger partial charge in [0, 0.05) is 17.9 Å². The summed E-state index contributed by atoms with van der Waals surface area (Å²) in [5, 5.41) is 3.54. The lowest BCUT2D eigenvalue weighted by molar-refractivity contribution is 0.0921. The third-order valence-electron chi connectivity index (χ3n) is 3.51. The molecule has 1 heterocycles. The largest absolute Gasteiger partial charge is 0.349 e. The maximum Gasteiger partial charge on any atom is 0.254 e. The molecule has 2 atom stereocenters. The smallest absolute Gasteiger partial charge is 0.254 e. The van der Waals surface area contributed by atoms with E-state index in [1.807, 2.05) is 6.92 Å². The SMILES string of the molecule is Cc1cc(Cl)c(C(=O)NC2CCCC(C)C2)cn1. The van der Waals surface area contributed by atoms with E-state index in [0.29, 0.717) is 16.5 Å². The lowest BCUT2D eigenvalue weighted by Gasteiger charge is -2.27. The predicted molar refractivity (Wildman–Crippen MR) is 72.9 cm³/mol. The maximum absolute atomic E-state index is 12.1. The molecule has 1 fully saturated rings. The lowest BCUT2D eigenvalue weighted by atomic mass is 9.87. The number of rotatable bonds is 2. The number of halogens is 1. The number of pyridine rings is 1. The van der Waals surface area contributed by atoms with Crippen LogP contribution in [0.1, 0.15) is 48.7 Å². The molecule has 1 N–H and O–H groups in total. The molecular weight excluding hydrogens is 248 g/mol. The fourth-order valence-electron chi connectivity index (χ4n) is 2.52. The van der Waals surface area contributed by atoms with Gasteiger partial charge in [-0.25, -0.2) is 0 Å². The summed E-state index contributed by atoms with van der Waals surface area (Å²) >= 11 is 6.07. The second-order valence-electron chi connectivity index (χ2n) is 5.25. The Morgan fingerprint density at radius 2 is 2.28 bits per heavy atom. The Morgan fingerprint density at radius 1 is 1.50 bits per heavy atom. The van der Waals surface area contributed by atoms with E-state index in [1.54, 1.807) is 12.3 Å². The minimum absolute atomic E-state index is 0.105. The Labute approximate surface area is 113 Å². The number of carbonyl (C=O) groups excluding carboxylic acids is 1. The van der Waals surface area contributed by atoms with Gasteiger partial charge in [0.25, 0.3) is 5.91 Å². The van der Waals surface area contributed by atoms with E-state index in [9.17, 15) is 4.79 Å². The van der Waals surface area contributed by atoms with E-state index < -0.39 is 0 Å². The average Bonchev–Trinajstić information content (AvgIpc) is 2.28. The van der Waals surface area contributed by atoms with Crippen molar-refractivity contribution in [3.8, 4) is 0 Å². The average molecular weight is 267 g/mol. The molecule has 0 radical (unpaired) electrons. The van der Waals surface area contributed by atoms with Crippen LogP contribution in [0.4, 0.5) is 0 Å². The number of carbonyl (C=O) groups is 1. The summed E-state index contributed by atoms with van der Waals surface area (Å²) in [6.45, 7) is 4.09. The number of nitrogens with one attached hydrogen (secondary N) is 1. The van der Waals surface area contributed by atoms with Gasteiger partial charge in [-0.05, 0) is 31.7 Å². The highest BCUT2D eigenvalue weighted by atomic mass is 35.5. The van der Waals surface area contributed by atoms with Gasteiger partial charge in [0.1, 0.15) is 0 Å². The molecule has 98 valence electrons. The van der Waals surface area contributed by atoms with Crippen molar-refractivity contribution in [2.75, 3.05) is 0 Å². The molecule has 1 amide bonds. The first-order valence-corrected chi connectivity index (χ1v) is 6.87. The second-order valence-corrected chi connectivity index (χ2v) is 5.65. The highest BCUT2D eigenvalue weighted by Crippen LogP contribution is 2.24. The van der Waals surface area contributed by atoms with Crippen molar-refractivity contribution in [3.63, 3.8) is 0 Å². The summed E-state index contributed by atoms with van der Waals surface area (Å²) in [4.78, 5) is 16.2. The van der Waals surface area contributed by atoms with E-state index >= 15 is 0 Å². The third kappa shape index (κ3) is 3.22. The third-order valence-corrected chi connectivity index (χ3v) is 3.82. The van der Waals surface area contributed by atoms with Gasteiger partial charge in [-0.2, -0.15) is 0 Å². The van der Waals surface area contributed by atoms with Gasteiger partial charge in [0.15, 0.2) is 0 Å². The quantitative estimate of drug-likeness (QED) is 0.892. The van der Waals surface area contributed by atoms with Crippen LogP contribution in [0, 0.1) is 12.8 Å². The summed E-state index contributed by atoms with van der Waals surface area (Å²) in [7, 11) is 0. The number of aromatic nitrogens is 1. The standard InChI is InChI=1S/C14H19ClN2O/c1-9-4-3-5-11(6-9)17-14(18)12-8-16-10(2)7-13(12)15/h7-9,11H,3-6H2,1-2H3,(H,17,18). The Balaban J connectivity index is 2.03. The minimum Gasteiger partial charge on any atom is -0.349 e. The molecule has 0 aromatic carbocycles. The van der Waals surface area contributed by atoms with Gasteiger partial charge in [0.05, 0.1) is 10.6 Å². The second kappa shape index (κ2) is 5.70. The van der Waals surface area contributed by atoms with E-state index in [4.69, 9.17) is 11.6 Å². The Hall–Kier alpha value is -1.09. The molecule has 1 saturated carbocycles. The van der Waals surface area contributed by atoms with Crippen molar-refractivity contribution in [3.05, 3.63) is 28.5 Å². The first kappa shape index (κ1) is 13.3. The molecule has 0 aliphatic heterocycles. The van der Waals surface area contributed by atoms with Crippen molar-refractivity contribution in [1.82, 2.24) is 10.3 Å². The molecule has 1 aromatic rings. The molecule has 2 rings (SSSR count). The van der Waals surface area contributed by atoms with Gasteiger partial charge in [-0.15, -0.1) is 0 Å². The summed E-state index contributed by atoms with van der Waals surface area (Å²) < 4.78 is 0. The normalized spacial score (nSPS) is 23.7. The Kier molecular flexibility index (Phi) is 4.23. The van der Waals surface area contributed by atoms with Gasteiger partial charge in [-0.1, -0.05) is 31.4 Å². The number of nitrogens with zero attached hydrogens (tertiary/aromatic N) is 1. The Morgan fingerprint density at radius 3 is 2.94 bits per heavy atom. The molecule has 1 aromatic heterocycles. The molecular formula is C14H19ClN2O. The van der Waals surface area contributed by atoms with E-state index in [0.717, 1.165) is 18.5 Å². The minimum atomic E-state index is -0.105. The van der Waals surface area contributed by atoms with E-state index in [2.05, 4.69) is 17.2 Å². The van der Waals surface area contributed by atoms with Crippen LogP contribution in [0.25, 0.3) is 0 Å². The van der Waals surface area contributed by atoms with Crippen molar-refractivity contribution in [2.24, 2.45) is 5.92 Å². The van der Waals surface area contributed by atoms with E-state index in [1.165, 1.54) is 12.8 Å². The van der Waals surface area contributed by atoms with Crippen LogP contribution in [-0.4, -0.2) is 16.9 Å². The number of hydrogen-bond acceptors (Lipinski definition) is 2. The summed E-state index contributed by atoms with van der Waals surface area (Å²) in [6, 6.07) is 2.00. The molecule has 4 heteroatoms. The molecule has 0 spiro atoms. The maximum atomic E-state index is 12.1. The van der Waals surface area contributed by atoms with E-state index in [-0.39, 0.29) is 11.9 Å². The summed E-state index contributed by atoms with van der Waals surface area (Å²) in [5.41, 5.74) is 1.29. The van der Waals surface area contributed by atoms with Gasteiger partial charge < -0.3 is 5.32 Å². The van der Waals surface area contributed by atoms with Crippen molar-refractivity contribution in [1.29, 1.82) is 0 Å². The summed E-state index contributed by atoms with van der Waals surface area (Å²) in [6.07, 6.45) is 6.13. The van der Waals surface area contributed by atoms with Crippen LogP contribution >= 0.6 is 11.6 Å². The number of amides is 1. The Bertz CT molecular complexity index is 447. The van der Waals surface area contributed by atoms with Gasteiger partial charge in [-0.3, -0.25) is 9.78 Å². The molecule has 3 nitrogen and oxygen atoms in total. The zero-order chi connectivity index (χ0) is 13.1. The fraction of sp³-hybridized carbons (Fsp3) is 0.571. The molecule has 18 heavy (non-hydrogen) atoms. The van der Waals surface area contributed by atoms with Gasteiger partial charge >= 0.3 is 0 Å². The molecule has 2 unspecified atom stereocenters. The van der Waals surface area contributed by atoms with Gasteiger partial charge in [0.2, 0.25) is 0 Å². The van der Waals surface area contributed by atoms with Crippen molar-refractivity contribution >= 4 is 17.5 Å². The fourth-order valence-corrected chi connectivity index (χ4v) is 2.81. The molecule has 0 bridgehead atoms. The zero-order valence-corrected chi connectivity index (χ0v) is 11.6. The zero-order valence-electron chi connectivity index (χ0n) is 10.9. The number of hydrogen-bond donors (Lipinski definition) is 1. The molecule has 0 saturated heterocycles. The van der Waals surface area contributed by atoms with Crippen LogP contribution in [0.2, 0.25) is 5.02 Å². The molecule has 1 aliphatic rings. The first-order chi connectivity index (χ1) is 8.56. The molecule has 1 aliphatic carbocycles. The van der Waals surface area contributed by atoms with Crippen LogP contribution in [-0.2, 0) is 0 Å². The predicted octanol–water partition coefficient (Wildman–Crippen LogP) is 3.35. The van der Waals surface area contributed by atoms with Crippen LogP contribution in [0.5, 0.6) is 0 Å². The van der Waals surface area contributed by atoms with Crippen LogP contribution in [0.3, 0.4) is 0 Å². The van der Waals surface area contributed by atoms with Crippen LogP contribution in [0.15, 0.2) is 12.3 Å². The highest BCUT2D eigenvalue weighted by molar-refractivity contribution is 6.33. The monoisotopic (exact) mass is 266 g/mol. The topological polar surface area (TPSA) is 42.0 Å². The highest BCUT2D eigenvalue weighted by Gasteiger charge is 2.21. The van der Waals surface area contributed by atoms with Crippen LogP contribution < -0.4 is 5.32 Å². The number of aryl methyl sites for hydroxylation is 1.